The van der Waals surface area contributed by atoms with Gasteiger partial charge in [-0.25, -0.2) is 0 Å². The van der Waals surface area contributed by atoms with E-state index in [1.54, 1.807) is 39.2 Å². The van der Waals surface area contributed by atoms with Gasteiger partial charge >= 0.3 is 5.97 Å². The van der Waals surface area contributed by atoms with Crippen molar-refractivity contribution >= 4 is 23.5 Å². The number of hydrogen-bond acceptors (Lipinski definition) is 3. The number of carbonyl (C=O) groups excluding carboxylic acids is 2. The number of amides is 2. The Kier molecular flexibility index (Phi) is 5.25. The summed E-state index contributed by atoms with van der Waals surface area (Å²) in [4.78, 5) is 35.3. The topological polar surface area (TPSA) is 86.7 Å². The van der Waals surface area contributed by atoms with Gasteiger partial charge in [-0.05, 0) is 24.6 Å². The molecule has 2 N–H and O–H groups in total. The van der Waals surface area contributed by atoms with Crippen LogP contribution >= 0.6 is 0 Å². The van der Waals surface area contributed by atoms with Crippen LogP contribution in [0.1, 0.15) is 28.8 Å². The van der Waals surface area contributed by atoms with E-state index in [-0.39, 0.29) is 24.7 Å². The summed E-state index contributed by atoms with van der Waals surface area (Å²) < 4.78 is 0. The fraction of sp³-hybridized carbons (Fsp3) is 0.357. The molecule has 0 bridgehead atoms. The van der Waals surface area contributed by atoms with Crippen LogP contribution in [0.3, 0.4) is 0 Å². The van der Waals surface area contributed by atoms with Gasteiger partial charge in [-0.2, -0.15) is 0 Å². The number of carbonyl (C=O) groups is 3. The van der Waals surface area contributed by atoms with Crippen LogP contribution in [0, 0.1) is 6.92 Å². The molecular weight excluding hydrogens is 260 g/mol. The number of anilines is 1. The van der Waals surface area contributed by atoms with Crippen molar-refractivity contribution in [3.05, 3.63) is 29.3 Å². The maximum atomic E-state index is 11.8. The van der Waals surface area contributed by atoms with Gasteiger partial charge in [0.05, 0.1) is 6.42 Å². The third kappa shape index (κ3) is 4.38. The highest BCUT2D eigenvalue weighted by molar-refractivity contribution is 5.98. The molecule has 1 aromatic rings. The molecule has 0 aromatic heterocycles. The van der Waals surface area contributed by atoms with Crippen molar-refractivity contribution in [3.8, 4) is 0 Å². The molecule has 1 aromatic carbocycles. The van der Waals surface area contributed by atoms with Gasteiger partial charge in [0.25, 0.3) is 5.91 Å². The van der Waals surface area contributed by atoms with Crippen LogP contribution in [0.5, 0.6) is 0 Å². The second kappa shape index (κ2) is 6.70. The fourth-order valence-electron chi connectivity index (χ4n) is 1.58. The van der Waals surface area contributed by atoms with E-state index >= 15 is 0 Å². The van der Waals surface area contributed by atoms with Crippen LogP contribution < -0.4 is 5.32 Å². The first-order chi connectivity index (χ1) is 9.31. The molecule has 0 saturated carbocycles. The molecule has 0 radical (unpaired) electrons. The van der Waals surface area contributed by atoms with Crippen LogP contribution in [0.4, 0.5) is 5.69 Å². The molecule has 0 saturated heterocycles. The van der Waals surface area contributed by atoms with E-state index in [2.05, 4.69) is 5.32 Å². The number of aliphatic carboxylic acids is 1. The van der Waals surface area contributed by atoms with Crippen molar-refractivity contribution in [2.24, 2.45) is 0 Å². The Morgan fingerprint density at radius 2 is 1.85 bits per heavy atom. The van der Waals surface area contributed by atoms with Gasteiger partial charge in [0.1, 0.15) is 0 Å². The third-order valence-corrected chi connectivity index (χ3v) is 2.73. The number of carboxylic acid groups (broad SMARTS) is 1. The van der Waals surface area contributed by atoms with Crippen LogP contribution in [0.15, 0.2) is 18.2 Å². The SMILES string of the molecule is Cc1ccc(C(=O)N(C)C)cc1NC(=O)CCC(=O)O. The summed E-state index contributed by atoms with van der Waals surface area (Å²) in [6, 6.07) is 5.02. The summed E-state index contributed by atoms with van der Waals surface area (Å²) in [6.45, 7) is 1.80. The van der Waals surface area contributed by atoms with Gasteiger partial charge in [0.2, 0.25) is 5.91 Å². The molecule has 1 rings (SSSR count). The van der Waals surface area contributed by atoms with E-state index in [9.17, 15) is 14.4 Å². The lowest BCUT2D eigenvalue weighted by Gasteiger charge is -2.13. The monoisotopic (exact) mass is 278 g/mol. The Balaban J connectivity index is 2.84. The minimum absolute atomic E-state index is 0.0966. The summed E-state index contributed by atoms with van der Waals surface area (Å²) in [7, 11) is 3.29. The van der Waals surface area contributed by atoms with Crippen LogP contribution in [0.25, 0.3) is 0 Å². The molecule has 0 heterocycles. The number of rotatable bonds is 5. The Bertz CT molecular complexity index is 538. The van der Waals surface area contributed by atoms with Crippen LogP contribution in [-0.4, -0.2) is 41.9 Å². The number of aryl methyl sites for hydroxylation is 1. The van der Waals surface area contributed by atoms with E-state index in [1.807, 2.05) is 0 Å². The molecule has 0 aliphatic rings. The van der Waals surface area contributed by atoms with Gasteiger partial charge in [0.15, 0.2) is 0 Å². The van der Waals surface area contributed by atoms with E-state index in [0.717, 1.165) is 5.56 Å². The van der Waals surface area contributed by atoms with E-state index in [1.165, 1.54) is 4.90 Å². The van der Waals surface area contributed by atoms with Gasteiger partial charge in [-0.1, -0.05) is 6.07 Å². The second-order valence-corrected chi connectivity index (χ2v) is 4.67. The number of benzene rings is 1. The maximum absolute atomic E-state index is 11.8. The van der Waals surface area contributed by atoms with Gasteiger partial charge in [-0.3, -0.25) is 14.4 Å². The lowest BCUT2D eigenvalue weighted by molar-refractivity contribution is -0.138. The number of nitrogens with zero attached hydrogens (tertiary/aromatic N) is 1. The van der Waals surface area contributed by atoms with E-state index < -0.39 is 5.97 Å². The quantitative estimate of drug-likeness (QED) is 0.854. The predicted octanol–water partition coefficient (Wildman–Crippen LogP) is 1.50. The maximum Gasteiger partial charge on any atom is 0.303 e. The van der Waals surface area contributed by atoms with Crippen molar-refractivity contribution < 1.29 is 19.5 Å². The summed E-state index contributed by atoms with van der Waals surface area (Å²) in [5, 5.41) is 11.2. The average Bonchev–Trinajstić information content (AvgIpc) is 2.38. The first-order valence-corrected chi connectivity index (χ1v) is 6.15. The zero-order chi connectivity index (χ0) is 15.3. The predicted molar refractivity (Wildman–Crippen MR) is 74.7 cm³/mol. The Labute approximate surface area is 117 Å². The lowest BCUT2D eigenvalue weighted by atomic mass is 10.1. The fourth-order valence-corrected chi connectivity index (χ4v) is 1.58. The molecular formula is C14H18N2O4. The Morgan fingerprint density at radius 1 is 1.20 bits per heavy atom. The van der Waals surface area contributed by atoms with Crippen molar-refractivity contribution in [1.82, 2.24) is 4.90 Å². The van der Waals surface area contributed by atoms with E-state index in [0.29, 0.717) is 11.3 Å². The molecule has 0 atom stereocenters. The number of nitrogens with one attached hydrogen (secondary N) is 1. The minimum atomic E-state index is -1.02. The second-order valence-electron chi connectivity index (χ2n) is 4.67. The lowest BCUT2D eigenvalue weighted by Crippen LogP contribution is -2.22. The van der Waals surface area contributed by atoms with Gasteiger partial charge < -0.3 is 15.3 Å². The standard InChI is InChI=1S/C14H18N2O4/c1-9-4-5-10(14(20)16(2)3)8-11(9)15-12(17)6-7-13(18)19/h4-5,8H,6-7H2,1-3H3,(H,15,17)(H,18,19). The number of hydrogen-bond donors (Lipinski definition) is 2. The molecule has 20 heavy (non-hydrogen) atoms. The van der Waals surface area contributed by atoms with Crippen molar-refractivity contribution in [2.75, 3.05) is 19.4 Å². The smallest absolute Gasteiger partial charge is 0.303 e. The van der Waals surface area contributed by atoms with Crippen molar-refractivity contribution in [1.29, 1.82) is 0 Å². The molecule has 0 spiro atoms. The Morgan fingerprint density at radius 3 is 2.40 bits per heavy atom. The largest absolute Gasteiger partial charge is 0.481 e. The Hall–Kier alpha value is -2.37. The third-order valence-electron chi connectivity index (χ3n) is 2.73. The zero-order valence-electron chi connectivity index (χ0n) is 11.8. The molecule has 0 aliphatic heterocycles. The minimum Gasteiger partial charge on any atom is -0.481 e. The first-order valence-electron chi connectivity index (χ1n) is 6.15. The molecule has 6 heteroatoms. The molecule has 108 valence electrons. The summed E-state index contributed by atoms with van der Waals surface area (Å²) in [6.07, 6.45) is -0.318. The summed E-state index contributed by atoms with van der Waals surface area (Å²) in [5.41, 5.74) is 1.80. The van der Waals surface area contributed by atoms with Gasteiger partial charge in [0, 0.05) is 31.8 Å². The normalized spacial score (nSPS) is 9.95. The summed E-state index contributed by atoms with van der Waals surface area (Å²) >= 11 is 0. The van der Waals surface area contributed by atoms with Crippen molar-refractivity contribution in [2.45, 2.75) is 19.8 Å². The van der Waals surface area contributed by atoms with E-state index in [4.69, 9.17) is 5.11 Å². The van der Waals surface area contributed by atoms with Crippen LogP contribution in [0.2, 0.25) is 0 Å². The van der Waals surface area contributed by atoms with Crippen LogP contribution in [-0.2, 0) is 9.59 Å². The molecule has 2 amide bonds. The highest BCUT2D eigenvalue weighted by Gasteiger charge is 2.12. The van der Waals surface area contributed by atoms with Gasteiger partial charge in [-0.15, -0.1) is 0 Å². The summed E-state index contributed by atoms with van der Waals surface area (Å²) in [5.74, 6) is -1.57. The molecule has 6 nitrogen and oxygen atoms in total. The molecule has 0 aliphatic carbocycles. The molecule has 0 fully saturated rings. The average molecular weight is 278 g/mol. The molecule has 0 unspecified atom stereocenters. The highest BCUT2D eigenvalue weighted by Crippen LogP contribution is 2.18. The first kappa shape index (κ1) is 15.7. The highest BCUT2D eigenvalue weighted by atomic mass is 16.4. The number of carboxylic acids is 1. The van der Waals surface area contributed by atoms with Crippen molar-refractivity contribution in [3.63, 3.8) is 0 Å². The zero-order valence-corrected chi connectivity index (χ0v) is 11.8.